The molecule has 6 heteroatoms. The summed E-state index contributed by atoms with van der Waals surface area (Å²) in [6.07, 6.45) is 2.71. The van der Waals surface area contributed by atoms with Gasteiger partial charge in [-0.1, -0.05) is 26.0 Å². The largest absolute Gasteiger partial charge is 0.487 e. The average Bonchev–Trinajstić information content (AvgIpc) is 2.75. The smallest absolute Gasteiger partial charge is 0.319 e. The normalized spacial score (nSPS) is 10.6. The first-order valence-corrected chi connectivity index (χ1v) is 10.5. The molecule has 6 nitrogen and oxygen atoms in total. The molecule has 0 fully saturated rings. The molecule has 2 amide bonds. The third-order valence-electron chi connectivity index (χ3n) is 4.72. The first-order valence-electron chi connectivity index (χ1n) is 10.5. The van der Waals surface area contributed by atoms with Crippen LogP contribution in [0.1, 0.15) is 31.5 Å². The lowest BCUT2D eigenvalue weighted by Gasteiger charge is -2.14. The lowest BCUT2D eigenvalue weighted by atomic mass is 10.1. The Hall–Kier alpha value is -3.54. The molecule has 0 aliphatic rings. The van der Waals surface area contributed by atoms with Crippen molar-refractivity contribution in [2.75, 3.05) is 17.2 Å². The van der Waals surface area contributed by atoms with Gasteiger partial charge >= 0.3 is 6.03 Å². The number of urea groups is 1. The van der Waals surface area contributed by atoms with Gasteiger partial charge in [-0.3, -0.25) is 4.98 Å². The Kier molecular flexibility index (Phi) is 7.87. The zero-order valence-electron chi connectivity index (χ0n) is 18.3. The number of benzene rings is 2. The van der Waals surface area contributed by atoms with Gasteiger partial charge in [0.15, 0.2) is 0 Å². The molecule has 0 atom stereocenters. The zero-order valence-corrected chi connectivity index (χ0v) is 18.3. The number of carbonyl (C=O) groups is 1. The number of amides is 2. The van der Waals surface area contributed by atoms with Gasteiger partial charge in [-0.2, -0.15) is 0 Å². The fourth-order valence-corrected chi connectivity index (χ4v) is 2.99. The van der Waals surface area contributed by atoms with E-state index in [0.29, 0.717) is 19.1 Å². The highest BCUT2D eigenvalue weighted by Gasteiger charge is 2.06. The van der Waals surface area contributed by atoms with Crippen LogP contribution in [-0.4, -0.2) is 17.6 Å². The number of nitrogens with zero attached hydrogens (tertiary/aromatic N) is 1. The minimum absolute atomic E-state index is 0.191. The molecular weight excluding hydrogens is 388 g/mol. The SMILES string of the molecule is Cc1cc(OCc2ccccn2)ccc1Nc1cccc(NC(=O)NCCC(C)C)c1. The van der Waals surface area contributed by atoms with Crippen molar-refractivity contribution in [3.05, 3.63) is 78.1 Å². The van der Waals surface area contributed by atoms with Gasteiger partial charge in [-0.05, 0) is 73.4 Å². The number of nitrogens with one attached hydrogen (secondary N) is 3. The van der Waals surface area contributed by atoms with E-state index in [1.165, 1.54) is 0 Å². The predicted molar refractivity (Wildman–Crippen MR) is 126 cm³/mol. The molecule has 0 unspecified atom stereocenters. The topological polar surface area (TPSA) is 75.3 Å². The second-order valence-corrected chi connectivity index (χ2v) is 7.86. The summed E-state index contributed by atoms with van der Waals surface area (Å²) in [4.78, 5) is 16.3. The Morgan fingerprint density at radius 2 is 1.87 bits per heavy atom. The molecule has 162 valence electrons. The van der Waals surface area contributed by atoms with E-state index in [4.69, 9.17) is 4.74 Å². The lowest BCUT2D eigenvalue weighted by molar-refractivity contribution is 0.251. The van der Waals surface area contributed by atoms with Crippen LogP contribution < -0.4 is 20.7 Å². The van der Waals surface area contributed by atoms with Crippen LogP contribution in [0.5, 0.6) is 5.75 Å². The molecule has 0 saturated heterocycles. The van der Waals surface area contributed by atoms with Crippen molar-refractivity contribution in [3.8, 4) is 5.75 Å². The Balaban J connectivity index is 1.56. The van der Waals surface area contributed by atoms with Crippen LogP contribution >= 0.6 is 0 Å². The first-order chi connectivity index (χ1) is 15.0. The number of ether oxygens (including phenoxy) is 1. The standard InChI is InChI=1S/C25H30N4O2/c1-18(2)12-14-27-25(30)29-21-9-6-8-20(16-21)28-24-11-10-23(15-19(24)3)31-17-22-7-4-5-13-26-22/h4-11,13,15-16,18,28H,12,14,17H2,1-3H3,(H2,27,29,30). The van der Waals surface area contributed by atoms with E-state index in [9.17, 15) is 4.79 Å². The Bertz CT molecular complexity index is 990. The van der Waals surface area contributed by atoms with Crippen molar-refractivity contribution in [3.63, 3.8) is 0 Å². The monoisotopic (exact) mass is 418 g/mol. The van der Waals surface area contributed by atoms with E-state index in [1.54, 1.807) is 6.20 Å². The third kappa shape index (κ3) is 7.33. The second-order valence-electron chi connectivity index (χ2n) is 7.86. The molecule has 0 bridgehead atoms. The number of aryl methyl sites for hydroxylation is 1. The number of carbonyl (C=O) groups excluding carboxylic acids is 1. The van der Waals surface area contributed by atoms with Gasteiger partial charge in [0.25, 0.3) is 0 Å². The number of pyridine rings is 1. The van der Waals surface area contributed by atoms with Gasteiger partial charge in [0.2, 0.25) is 0 Å². The molecule has 3 aromatic rings. The summed E-state index contributed by atoms with van der Waals surface area (Å²) in [6, 6.07) is 19.2. The summed E-state index contributed by atoms with van der Waals surface area (Å²) in [6.45, 7) is 7.39. The molecule has 3 N–H and O–H groups in total. The van der Waals surface area contributed by atoms with E-state index in [2.05, 4.69) is 34.8 Å². The summed E-state index contributed by atoms with van der Waals surface area (Å²) < 4.78 is 5.84. The van der Waals surface area contributed by atoms with Crippen molar-refractivity contribution >= 4 is 23.1 Å². The molecule has 31 heavy (non-hydrogen) atoms. The van der Waals surface area contributed by atoms with Gasteiger partial charge in [0.05, 0.1) is 5.69 Å². The Morgan fingerprint density at radius 1 is 1.03 bits per heavy atom. The molecule has 0 spiro atoms. The third-order valence-corrected chi connectivity index (χ3v) is 4.72. The molecule has 0 aliphatic carbocycles. The Morgan fingerprint density at radius 3 is 2.61 bits per heavy atom. The van der Waals surface area contributed by atoms with Gasteiger partial charge in [-0.25, -0.2) is 4.79 Å². The summed E-state index contributed by atoms with van der Waals surface area (Å²) in [5.74, 6) is 1.35. The van der Waals surface area contributed by atoms with Crippen molar-refractivity contribution in [2.45, 2.75) is 33.8 Å². The van der Waals surface area contributed by atoms with E-state index in [0.717, 1.165) is 40.5 Å². The summed E-state index contributed by atoms with van der Waals surface area (Å²) in [7, 11) is 0. The quantitative estimate of drug-likeness (QED) is 0.406. The Labute approximate surface area is 184 Å². The molecule has 3 rings (SSSR count). The van der Waals surface area contributed by atoms with Crippen molar-refractivity contribution in [2.24, 2.45) is 5.92 Å². The number of hydrogen-bond acceptors (Lipinski definition) is 4. The van der Waals surface area contributed by atoms with Gasteiger partial charge in [0, 0.05) is 29.8 Å². The summed E-state index contributed by atoms with van der Waals surface area (Å²) in [5, 5.41) is 9.17. The molecule has 1 aromatic heterocycles. The average molecular weight is 419 g/mol. The highest BCUT2D eigenvalue weighted by atomic mass is 16.5. The predicted octanol–water partition coefficient (Wildman–Crippen LogP) is 5.88. The van der Waals surface area contributed by atoms with Crippen LogP contribution in [0.15, 0.2) is 66.9 Å². The lowest BCUT2D eigenvalue weighted by Crippen LogP contribution is -2.30. The van der Waals surface area contributed by atoms with Crippen LogP contribution in [0.25, 0.3) is 0 Å². The number of anilines is 3. The van der Waals surface area contributed by atoms with Gasteiger partial charge in [0.1, 0.15) is 12.4 Å². The number of aromatic nitrogens is 1. The minimum atomic E-state index is -0.191. The fraction of sp³-hybridized carbons (Fsp3) is 0.280. The number of hydrogen-bond donors (Lipinski definition) is 3. The van der Waals surface area contributed by atoms with Crippen LogP contribution in [0.2, 0.25) is 0 Å². The maximum Gasteiger partial charge on any atom is 0.319 e. The van der Waals surface area contributed by atoms with Crippen LogP contribution in [-0.2, 0) is 6.61 Å². The maximum absolute atomic E-state index is 12.1. The number of rotatable bonds is 9. The highest BCUT2D eigenvalue weighted by Crippen LogP contribution is 2.26. The van der Waals surface area contributed by atoms with Crippen LogP contribution in [0.3, 0.4) is 0 Å². The molecule has 2 aromatic carbocycles. The summed E-state index contributed by atoms with van der Waals surface area (Å²) in [5.41, 5.74) is 4.55. The fourth-order valence-electron chi connectivity index (χ4n) is 2.99. The van der Waals surface area contributed by atoms with E-state index < -0.39 is 0 Å². The first kappa shape index (κ1) is 22.2. The van der Waals surface area contributed by atoms with E-state index in [-0.39, 0.29) is 6.03 Å². The molecule has 1 heterocycles. The zero-order chi connectivity index (χ0) is 22.1. The van der Waals surface area contributed by atoms with Gasteiger partial charge in [-0.15, -0.1) is 0 Å². The second kappa shape index (κ2) is 11.0. The van der Waals surface area contributed by atoms with E-state index in [1.807, 2.05) is 67.6 Å². The molecular formula is C25H30N4O2. The summed E-state index contributed by atoms with van der Waals surface area (Å²) >= 11 is 0. The van der Waals surface area contributed by atoms with Crippen molar-refractivity contribution < 1.29 is 9.53 Å². The molecule has 0 radical (unpaired) electrons. The van der Waals surface area contributed by atoms with Crippen LogP contribution in [0, 0.1) is 12.8 Å². The molecule has 0 aliphatic heterocycles. The highest BCUT2D eigenvalue weighted by molar-refractivity contribution is 5.90. The van der Waals surface area contributed by atoms with Crippen molar-refractivity contribution in [1.29, 1.82) is 0 Å². The van der Waals surface area contributed by atoms with Gasteiger partial charge < -0.3 is 20.7 Å². The molecule has 0 saturated carbocycles. The minimum Gasteiger partial charge on any atom is -0.487 e. The van der Waals surface area contributed by atoms with E-state index >= 15 is 0 Å². The maximum atomic E-state index is 12.1. The van der Waals surface area contributed by atoms with Crippen molar-refractivity contribution in [1.82, 2.24) is 10.3 Å². The van der Waals surface area contributed by atoms with Crippen LogP contribution in [0.4, 0.5) is 21.9 Å².